The van der Waals surface area contributed by atoms with Crippen LogP contribution in [0.15, 0.2) is 61.3 Å². The Bertz CT molecular complexity index is 2030. The quantitative estimate of drug-likeness (QED) is 0.0490. The van der Waals surface area contributed by atoms with Gasteiger partial charge in [-0.1, -0.05) is 6.07 Å². The van der Waals surface area contributed by atoms with E-state index in [1.54, 1.807) is 0 Å². The molecule has 17 nitrogen and oxygen atoms in total. The highest BCUT2D eigenvalue weighted by Gasteiger charge is 2.26. The number of halogens is 1. The summed E-state index contributed by atoms with van der Waals surface area (Å²) in [4.78, 5) is 2.50. The largest absolute Gasteiger partial charge is 0.505 e. The van der Waals surface area contributed by atoms with Crippen molar-refractivity contribution < 1.29 is 57.3 Å². The summed E-state index contributed by atoms with van der Waals surface area (Å²) in [5, 5.41) is 20.3. The first-order valence-corrected chi connectivity index (χ1v) is 18.1. The molecule has 3 rings (SSSR count). The molecule has 43 heavy (non-hydrogen) atoms. The van der Waals surface area contributed by atoms with Gasteiger partial charge in [0.25, 0.3) is 30.4 Å². The number of anilines is 1. The molecule has 0 atom stereocenters. The first kappa shape index (κ1) is 34.5. The van der Waals surface area contributed by atoms with Crippen LogP contribution in [-0.4, -0.2) is 77.0 Å². The number of fused-ring (bicyclic) bond motifs is 1. The average molecular weight is 703 g/mol. The van der Waals surface area contributed by atoms with Gasteiger partial charge in [0.1, 0.15) is 27.0 Å². The number of hydroxylamine groups is 1. The van der Waals surface area contributed by atoms with Gasteiger partial charge in [-0.2, -0.15) is 30.7 Å². The number of sulfone groups is 1. The predicted octanol–water partition coefficient (Wildman–Crippen LogP) is 2.37. The molecule has 0 radical (unpaired) electrons. The minimum atomic E-state index is -5.20. The minimum absolute atomic E-state index is 0.126. The number of phenolic OH excluding ortho intramolecular Hbond substituents is 1. The van der Waals surface area contributed by atoms with Crippen LogP contribution >= 0.6 is 11.6 Å². The topological polar surface area (TPSA) is 275 Å². The fraction of sp³-hybridized carbons (Fsp3) is 0.238. The molecule has 0 saturated carbocycles. The maximum atomic E-state index is 12.2. The minimum Gasteiger partial charge on any atom is -0.505 e. The van der Waals surface area contributed by atoms with Crippen LogP contribution in [0.5, 0.6) is 5.75 Å². The van der Waals surface area contributed by atoms with E-state index in [0.717, 1.165) is 30.3 Å². The highest BCUT2D eigenvalue weighted by atomic mass is 35.5. The standard InChI is InChI=1S/C21H23ClN4O13S4/c1-23-16-9-14(41(30,31)32)7-13-8-18(43(36,37)38)20(21(27)19(13)16)26-25-15-6-12(2-3-17(15)42(33,34)35)10-39-24-11-40(28,29)5-4-22/h2-3,6-9,23-24,27H,4-5,10-11H2,1H3,(H,30,31,32)(H,33,34,35)(H,36,37,38). The van der Waals surface area contributed by atoms with Crippen molar-refractivity contribution in [2.24, 2.45) is 10.2 Å². The first-order chi connectivity index (χ1) is 19.8. The van der Waals surface area contributed by atoms with Gasteiger partial charge in [0.15, 0.2) is 15.6 Å². The molecule has 236 valence electrons. The van der Waals surface area contributed by atoms with Crippen molar-refractivity contribution >= 4 is 79.6 Å². The van der Waals surface area contributed by atoms with Crippen molar-refractivity contribution in [2.75, 3.05) is 29.9 Å². The van der Waals surface area contributed by atoms with Gasteiger partial charge in [0.05, 0.1) is 17.3 Å². The predicted molar refractivity (Wildman–Crippen MR) is 153 cm³/mol. The van der Waals surface area contributed by atoms with Crippen LogP contribution in [-0.2, 0) is 51.6 Å². The Morgan fingerprint density at radius 3 is 2.07 bits per heavy atom. The number of nitrogens with zero attached hydrogens (tertiary/aromatic N) is 2. The van der Waals surface area contributed by atoms with Crippen LogP contribution in [0.2, 0.25) is 0 Å². The lowest BCUT2D eigenvalue weighted by atomic mass is 10.1. The third kappa shape index (κ3) is 8.56. The van der Waals surface area contributed by atoms with E-state index < -0.39 is 77.9 Å². The molecule has 0 unspecified atom stereocenters. The highest BCUT2D eigenvalue weighted by Crippen LogP contribution is 2.45. The molecule has 0 aliphatic heterocycles. The second kappa shape index (κ2) is 12.9. The molecule has 0 heterocycles. The van der Waals surface area contributed by atoms with Gasteiger partial charge < -0.3 is 10.4 Å². The van der Waals surface area contributed by atoms with Crippen LogP contribution < -0.4 is 10.8 Å². The Labute approximate surface area is 250 Å². The molecule has 0 saturated heterocycles. The molecule has 0 fully saturated rings. The van der Waals surface area contributed by atoms with Crippen LogP contribution in [0.1, 0.15) is 5.56 Å². The Hall–Kier alpha value is -2.99. The molecule has 0 spiro atoms. The van der Waals surface area contributed by atoms with Gasteiger partial charge in [-0.05, 0) is 41.3 Å². The van der Waals surface area contributed by atoms with Gasteiger partial charge >= 0.3 is 0 Å². The van der Waals surface area contributed by atoms with Crippen LogP contribution in [0.4, 0.5) is 17.1 Å². The molecule has 3 aromatic carbocycles. The molecular weight excluding hydrogens is 680 g/mol. The SMILES string of the molecule is CNc1cc(S(=O)(=O)O)cc2cc(S(=O)(=O)O)c(N=Nc3cc(CONCS(=O)(=O)CCCl)ccc3S(=O)(=O)O)c(O)c12. The van der Waals surface area contributed by atoms with Crippen LogP contribution in [0.25, 0.3) is 10.8 Å². The summed E-state index contributed by atoms with van der Waals surface area (Å²) in [6.07, 6.45) is 0. The zero-order valence-corrected chi connectivity index (χ0v) is 25.7. The van der Waals surface area contributed by atoms with Crippen molar-refractivity contribution in [3.8, 4) is 5.75 Å². The molecular formula is C21H23ClN4O13S4. The molecule has 6 N–H and O–H groups in total. The number of rotatable bonds is 13. The first-order valence-electron chi connectivity index (χ1n) is 11.4. The van der Waals surface area contributed by atoms with Crippen molar-refractivity contribution in [3.63, 3.8) is 0 Å². The number of benzene rings is 3. The number of hydrogen-bond donors (Lipinski definition) is 6. The lowest BCUT2D eigenvalue weighted by molar-refractivity contribution is 0.0392. The van der Waals surface area contributed by atoms with Crippen LogP contribution in [0, 0.1) is 0 Å². The number of nitrogens with one attached hydrogen (secondary N) is 2. The summed E-state index contributed by atoms with van der Waals surface area (Å²) in [5.41, 5.74) is 0.746. The highest BCUT2D eigenvalue weighted by molar-refractivity contribution is 7.91. The van der Waals surface area contributed by atoms with E-state index in [0.29, 0.717) is 0 Å². The molecule has 3 aromatic rings. The lowest BCUT2D eigenvalue weighted by Gasteiger charge is -2.14. The van der Waals surface area contributed by atoms with E-state index in [-0.39, 0.29) is 40.3 Å². The van der Waals surface area contributed by atoms with E-state index in [9.17, 15) is 52.4 Å². The lowest BCUT2D eigenvalue weighted by Crippen LogP contribution is -2.25. The summed E-state index contributed by atoms with van der Waals surface area (Å²) in [6.45, 7) is -0.357. The Balaban J connectivity index is 2.15. The van der Waals surface area contributed by atoms with Crippen molar-refractivity contribution in [1.29, 1.82) is 0 Å². The maximum Gasteiger partial charge on any atom is 0.296 e. The fourth-order valence-corrected chi connectivity index (χ4v) is 6.76. The van der Waals surface area contributed by atoms with E-state index in [2.05, 4.69) is 21.0 Å². The van der Waals surface area contributed by atoms with Gasteiger partial charge in [0, 0.05) is 24.0 Å². The van der Waals surface area contributed by atoms with Crippen molar-refractivity contribution in [1.82, 2.24) is 5.48 Å². The summed E-state index contributed by atoms with van der Waals surface area (Å²) >= 11 is 5.41. The van der Waals surface area contributed by atoms with Gasteiger partial charge in [0.2, 0.25) is 0 Å². The third-order valence-electron chi connectivity index (χ3n) is 5.54. The Morgan fingerprint density at radius 1 is 0.860 bits per heavy atom. The molecule has 0 bridgehead atoms. The van der Waals surface area contributed by atoms with Gasteiger partial charge in [-0.15, -0.1) is 21.8 Å². The normalized spacial score (nSPS) is 13.1. The average Bonchev–Trinajstić information content (AvgIpc) is 2.88. The summed E-state index contributed by atoms with van der Waals surface area (Å²) in [7, 11) is -17.2. The molecule has 0 aliphatic carbocycles. The number of azo groups is 1. The number of hydrogen-bond acceptors (Lipinski definition) is 14. The zero-order chi connectivity index (χ0) is 32.4. The van der Waals surface area contributed by atoms with Crippen LogP contribution in [0.3, 0.4) is 0 Å². The summed E-state index contributed by atoms with van der Waals surface area (Å²) in [5.74, 6) is -1.99. The number of alkyl halides is 1. The molecule has 0 aliphatic rings. The van der Waals surface area contributed by atoms with Crippen molar-refractivity contribution in [3.05, 3.63) is 42.0 Å². The number of phenols is 1. The monoisotopic (exact) mass is 702 g/mol. The van der Waals surface area contributed by atoms with E-state index in [4.69, 9.17) is 16.4 Å². The van der Waals surface area contributed by atoms with E-state index >= 15 is 0 Å². The van der Waals surface area contributed by atoms with E-state index in [1.165, 1.54) is 13.1 Å². The molecule has 0 amide bonds. The molecule has 0 aromatic heterocycles. The number of aromatic hydroxyl groups is 1. The summed E-state index contributed by atoms with van der Waals surface area (Å²) < 4.78 is 124. The smallest absolute Gasteiger partial charge is 0.296 e. The van der Waals surface area contributed by atoms with Gasteiger partial charge in [-0.25, -0.2) is 8.42 Å². The molecule has 22 heteroatoms. The second-order valence-electron chi connectivity index (χ2n) is 8.53. The summed E-state index contributed by atoms with van der Waals surface area (Å²) in [6, 6.07) is 5.57. The maximum absolute atomic E-state index is 12.2. The van der Waals surface area contributed by atoms with E-state index in [1.807, 2.05) is 0 Å². The fourth-order valence-electron chi connectivity index (χ4n) is 3.61. The zero-order valence-electron chi connectivity index (χ0n) is 21.7. The third-order valence-corrected chi connectivity index (χ3v) is 9.93. The van der Waals surface area contributed by atoms with Gasteiger partial charge in [-0.3, -0.25) is 18.5 Å². The van der Waals surface area contributed by atoms with Crippen molar-refractivity contribution in [2.45, 2.75) is 21.3 Å². The second-order valence-corrected chi connectivity index (χ2v) is 15.3. The Morgan fingerprint density at radius 2 is 1.51 bits per heavy atom. The Kier molecular flexibility index (Phi) is 10.4.